The number of aromatic nitrogens is 1. The molecule has 30 heavy (non-hydrogen) atoms. The van der Waals surface area contributed by atoms with E-state index in [1.807, 2.05) is 6.92 Å². The van der Waals surface area contributed by atoms with Gasteiger partial charge in [-0.05, 0) is 56.2 Å². The van der Waals surface area contributed by atoms with Crippen LogP contribution in [0.2, 0.25) is 5.02 Å². The van der Waals surface area contributed by atoms with Gasteiger partial charge in [0.2, 0.25) is 0 Å². The van der Waals surface area contributed by atoms with Crippen LogP contribution in [-0.4, -0.2) is 22.5 Å². The van der Waals surface area contributed by atoms with E-state index in [2.05, 4.69) is 20.8 Å². The van der Waals surface area contributed by atoms with Crippen molar-refractivity contribution in [2.45, 2.75) is 26.2 Å². The van der Waals surface area contributed by atoms with Gasteiger partial charge in [0.1, 0.15) is 5.76 Å². The van der Waals surface area contributed by atoms with Gasteiger partial charge in [-0.2, -0.15) is 5.10 Å². The number of anilines is 1. The Balaban J connectivity index is 1.56. The number of carbonyl (C=O) groups is 2. The maximum Gasteiger partial charge on any atom is 0.291 e. The molecule has 2 N–H and O–H groups in total. The Morgan fingerprint density at radius 3 is 2.67 bits per heavy atom. The SMILES string of the molecule is Cc1c(C(=O)Nc2cccnc2)oc2c1/C(=N/NC(=O)c1ccc(Cl)cc1)CCC2. The Morgan fingerprint density at radius 1 is 1.13 bits per heavy atom. The van der Waals surface area contributed by atoms with Gasteiger partial charge in [0, 0.05) is 34.3 Å². The zero-order valence-corrected chi connectivity index (χ0v) is 17.0. The molecule has 0 unspecified atom stereocenters. The number of nitrogens with one attached hydrogen (secondary N) is 2. The van der Waals surface area contributed by atoms with Crippen molar-refractivity contribution < 1.29 is 14.0 Å². The molecule has 2 amide bonds. The van der Waals surface area contributed by atoms with Gasteiger partial charge in [0.05, 0.1) is 17.6 Å². The van der Waals surface area contributed by atoms with Crippen molar-refractivity contribution in [2.24, 2.45) is 5.10 Å². The highest BCUT2D eigenvalue weighted by molar-refractivity contribution is 6.30. The van der Waals surface area contributed by atoms with E-state index >= 15 is 0 Å². The molecule has 0 atom stereocenters. The number of carbonyl (C=O) groups excluding carboxylic acids is 2. The van der Waals surface area contributed by atoms with Crippen LogP contribution in [-0.2, 0) is 6.42 Å². The third-order valence-electron chi connectivity index (χ3n) is 4.85. The van der Waals surface area contributed by atoms with E-state index in [0.717, 1.165) is 12.0 Å². The van der Waals surface area contributed by atoms with Crippen LogP contribution in [0.3, 0.4) is 0 Å². The van der Waals surface area contributed by atoms with Gasteiger partial charge >= 0.3 is 0 Å². The molecule has 2 heterocycles. The van der Waals surface area contributed by atoms with Crippen molar-refractivity contribution in [3.05, 3.63) is 82.0 Å². The molecule has 0 bridgehead atoms. The van der Waals surface area contributed by atoms with Crippen LogP contribution in [0.1, 0.15) is 50.6 Å². The number of fused-ring (bicyclic) bond motifs is 1. The highest BCUT2D eigenvalue weighted by Crippen LogP contribution is 2.30. The largest absolute Gasteiger partial charge is 0.455 e. The lowest BCUT2D eigenvalue weighted by Crippen LogP contribution is -2.22. The molecular weight excluding hydrogens is 404 g/mol. The predicted molar refractivity (Wildman–Crippen MR) is 114 cm³/mol. The second-order valence-electron chi connectivity index (χ2n) is 6.91. The Morgan fingerprint density at radius 2 is 1.93 bits per heavy atom. The first-order valence-electron chi connectivity index (χ1n) is 9.49. The van der Waals surface area contributed by atoms with Gasteiger partial charge in [0.15, 0.2) is 5.76 Å². The van der Waals surface area contributed by atoms with Crippen LogP contribution in [0.5, 0.6) is 0 Å². The van der Waals surface area contributed by atoms with Crippen molar-refractivity contribution in [3.63, 3.8) is 0 Å². The molecule has 1 aliphatic carbocycles. The van der Waals surface area contributed by atoms with Crippen LogP contribution < -0.4 is 10.7 Å². The van der Waals surface area contributed by atoms with E-state index in [9.17, 15) is 9.59 Å². The monoisotopic (exact) mass is 422 g/mol. The van der Waals surface area contributed by atoms with Gasteiger partial charge in [-0.15, -0.1) is 0 Å². The first kappa shape index (κ1) is 19.8. The molecule has 8 heteroatoms. The van der Waals surface area contributed by atoms with Crippen molar-refractivity contribution >= 4 is 34.8 Å². The molecule has 0 radical (unpaired) electrons. The topological polar surface area (TPSA) is 96.6 Å². The number of furan rings is 1. The number of rotatable bonds is 4. The number of benzene rings is 1. The minimum Gasteiger partial charge on any atom is -0.455 e. The summed E-state index contributed by atoms with van der Waals surface area (Å²) in [5, 5.41) is 7.66. The van der Waals surface area contributed by atoms with Crippen molar-refractivity contribution in [2.75, 3.05) is 5.32 Å². The van der Waals surface area contributed by atoms with E-state index in [1.54, 1.807) is 48.8 Å². The molecule has 152 valence electrons. The van der Waals surface area contributed by atoms with Crippen LogP contribution in [0.4, 0.5) is 5.69 Å². The number of hydrogen-bond acceptors (Lipinski definition) is 5. The zero-order chi connectivity index (χ0) is 21.1. The summed E-state index contributed by atoms with van der Waals surface area (Å²) in [5.41, 5.74) is 5.81. The van der Waals surface area contributed by atoms with E-state index in [1.165, 1.54) is 0 Å². The summed E-state index contributed by atoms with van der Waals surface area (Å²) in [4.78, 5) is 29.0. The first-order chi connectivity index (χ1) is 14.5. The standard InChI is InChI=1S/C22H19ClN4O3/c1-13-19-17(26-27-21(28)14-7-9-15(23)10-8-14)5-2-6-18(19)30-20(13)22(29)25-16-4-3-11-24-12-16/h3-4,7-12H,2,5-6H2,1H3,(H,25,29)(H,27,28)/b26-17+. The lowest BCUT2D eigenvalue weighted by molar-refractivity contribution is 0.0953. The highest BCUT2D eigenvalue weighted by Gasteiger charge is 2.28. The molecule has 0 spiro atoms. The number of halogens is 1. The fourth-order valence-corrected chi connectivity index (χ4v) is 3.53. The van der Waals surface area contributed by atoms with Crippen molar-refractivity contribution in [1.82, 2.24) is 10.4 Å². The summed E-state index contributed by atoms with van der Waals surface area (Å²) < 4.78 is 5.87. The quantitative estimate of drug-likeness (QED) is 0.610. The van der Waals surface area contributed by atoms with E-state index in [0.29, 0.717) is 46.2 Å². The minimum absolute atomic E-state index is 0.238. The molecule has 1 aliphatic rings. The molecule has 1 aromatic carbocycles. The maximum atomic E-state index is 12.7. The van der Waals surface area contributed by atoms with E-state index in [-0.39, 0.29) is 17.6 Å². The number of aryl methyl sites for hydroxylation is 1. The van der Waals surface area contributed by atoms with Gasteiger partial charge in [-0.25, -0.2) is 5.43 Å². The van der Waals surface area contributed by atoms with Gasteiger partial charge in [-0.1, -0.05) is 11.6 Å². The number of amides is 2. The number of pyridine rings is 1. The van der Waals surface area contributed by atoms with Crippen LogP contribution in [0, 0.1) is 6.92 Å². The van der Waals surface area contributed by atoms with Crippen LogP contribution in [0.15, 0.2) is 58.3 Å². The number of hydrazone groups is 1. The van der Waals surface area contributed by atoms with Gasteiger partial charge in [-0.3, -0.25) is 14.6 Å². The number of nitrogens with zero attached hydrogens (tertiary/aromatic N) is 2. The molecular formula is C22H19ClN4O3. The molecule has 4 rings (SSSR count). The van der Waals surface area contributed by atoms with Crippen LogP contribution >= 0.6 is 11.6 Å². The van der Waals surface area contributed by atoms with Crippen molar-refractivity contribution in [1.29, 1.82) is 0 Å². The highest BCUT2D eigenvalue weighted by atomic mass is 35.5. The second-order valence-corrected chi connectivity index (χ2v) is 7.35. The zero-order valence-electron chi connectivity index (χ0n) is 16.2. The summed E-state index contributed by atoms with van der Waals surface area (Å²) in [5.74, 6) is 0.262. The Bertz CT molecular complexity index is 1120. The van der Waals surface area contributed by atoms with Crippen LogP contribution in [0.25, 0.3) is 0 Å². The summed E-state index contributed by atoms with van der Waals surface area (Å²) in [6, 6.07) is 10.1. The van der Waals surface area contributed by atoms with E-state index in [4.69, 9.17) is 16.0 Å². The fraction of sp³-hybridized carbons (Fsp3) is 0.182. The Labute approximate surface area is 178 Å². The third kappa shape index (κ3) is 4.11. The minimum atomic E-state index is -0.348. The Kier molecular flexibility index (Phi) is 5.63. The maximum absolute atomic E-state index is 12.7. The molecule has 0 saturated heterocycles. The molecule has 0 aliphatic heterocycles. The molecule has 2 aromatic heterocycles. The number of hydrogen-bond donors (Lipinski definition) is 2. The average molecular weight is 423 g/mol. The summed E-state index contributed by atoms with van der Waals surface area (Å²) >= 11 is 5.86. The normalized spacial score (nSPS) is 14.3. The average Bonchev–Trinajstić information content (AvgIpc) is 3.10. The van der Waals surface area contributed by atoms with E-state index < -0.39 is 0 Å². The molecule has 0 fully saturated rings. The third-order valence-corrected chi connectivity index (χ3v) is 5.10. The van der Waals surface area contributed by atoms with Gasteiger partial charge in [0.25, 0.3) is 11.8 Å². The second kappa shape index (κ2) is 8.51. The van der Waals surface area contributed by atoms with Crippen molar-refractivity contribution in [3.8, 4) is 0 Å². The smallest absolute Gasteiger partial charge is 0.291 e. The first-order valence-corrected chi connectivity index (χ1v) is 9.87. The molecule has 3 aromatic rings. The summed E-state index contributed by atoms with van der Waals surface area (Å²) in [6.45, 7) is 1.82. The lowest BCUT2D eigenvalue weighted by Gasteiger charge is -2.13. The molecule has 0 saturated carbocycles. The Hall–Kier alpha value is -3.45. The molecule has 7 nitrogen and oxygen atoms in total. The fourth-order valence-electron chi connectivity index (χ4n) is 3.41. The van der Waals surface area contributed by atoms with Gasteiger partial charge < -0.3 is 9.73 Å². The lowest BCUT2D eigenvalue weighted by atomic mass is 9.93. The predicted octanol–water partition coefficient (Wildman–Crippen LogP) is 4.36. The summed E-state index contributed by atoms with van der Waals surface area (Å²) in [6.07, 6.45) is 5.40. The summed E-state index contributed by atoms with van der Waals surface area (Å²) in [7, 11) is 0.